The van der Waals surface area contributed by atoms with Crippen LogP contribution in [-0.2, 0) is 20.3 Å². The minimum absolute atomic E-state index is 0.151. The Morgan fingerprint density at radius 2 is 1.85 bits per heavy atom. The zero-order valence-corrected chi connectivity index (χ0v) is 15.9. The van der Waals surface area contributed by atoms with Gasteiger partial charge >= 0.3 is 0 Å². The van der Waals surface area contributed by atoms with Gasteiger partial charge in [0.1, 0.15) is 11.5 Å². The van der Waals surface area contributed by atoms with E-state index in [1.165, 1.54) is 0 Å². The van der Waals surface area contributed by atoms with E-state index in [0.29, 0.717) is 18.0 Å². The van der Waals surface area contributed by atoms with Crippen molar-refractivity contribution in [2.75, 3.05) is 14.2 Å². The Bertz CT molecular complexity index is 914. The van der Waals surface area contributed by atoms with Crippen LogP contribution >= 0.6 is 0 Å². The van der Waals surface area contributed by atoms with Crippen molar-refractivity contribution in [1.29, 1.82) is 0 Å². The average Bonchev–Trinajstić information content (AvgIpc) is 3.26. The highest BCUT2D eigenvalue weighted by Gasteiger charge is 2.17. The van der Waals surface area contributed by atoms with E-state index in [9.17, 15) is 4.79 Å². The fourth-order valence-corrected chi connectivity index (χ4v) is 2.69. The Morgan fingerprint density at radius 3 is 2.48 bits per heavy atom. The van der Waals surface area contributed by atoms with Gasteiger partial charge in [0.05, 0.1) is 12.8 Å². The summed E-state index contributed by atoms with van der Waals surface area (Å²) in [5.74, 6) is 1.31. The third-order valence-corrected chi connectivity index (χ3v) is 4.15. The molecule has 1 aromatic carbocycles. The lowest BCUT2D eigenvalue weighted by Crippen LogP contribution is -2.27. The van der Waals surface area contributed by atoms with Crippen LogP contribution in [0.3, 0.4) is 0 Å². The highest BCUT2D eigenvalue weighted by Crippen LogP contribution is 2.17. The second kappa shape index (κ2) is 7.94. The predicted molar refractivity (Wildman–Crippen MR) is 99.6 cm³/mol. The third kappa shape index (κ3) is 4.46. The van der Waals surface area contributed by atoms with Crippen LogP contribution in [0.5, 0.6) is 11.5 Å². The largest absolute Gasteiger partial charge is 0.497 e. The molecule has 0 N–H and O–H groups in total. The van der Waals surface area contributed by atoms with Crippen LogP contribution < -0.4 is 9.47 Å². The van der Waals surface area contributed by atoms with Crippen LogP contribution in [0.1, 0.15) is 21.7 Å². The molecule has 27 heavy (non-hydrogen) atoms. The van der Waals surface area contributed by atoms with E-state index in [4.69, 9.17) is 9.47 Å². The normalized spacial score (nSPS) is 10.7. The zero-order valence-electron chi connectivity index (χ0n) is 15.9. The zero-order chi connectivity index (χ0) is 19.4. The summed E-state index contributed by atoms with van der Waals surface area (Å²) in [5, 5.41) is 8.60. The minimum Gasteiger partial charge on any atom is -0.497 e. The molecular weight excluding hydrogens is 346 g/mol. The second-order valence-electron chi connectivity index (χ2n) is 6.26. The van der Waals surface area contributed by atoms with E-state index in [-0.39, 0.29) is 12.6 Å². The summed E-state index contributed by atoms with van der Waals surface area (Å²) in [4.78, 5) is 14.2. The van der Waals surface area contributed by atoms with Crippen LogP contribution in [0.4, 0.5) is 0 Å². The Morgan fingerprint density at radius 1 is 1.15 bits per heavy atom. The third-order valence-electron chi connectivity index (χ3n) is 4.15. The van der Waals surface area contributed by atoms with Gasteiger partial charge in [-0.25, -0.2) is 4.68 Å². The van der Waals surface area contributed by atoms with Gasteiger partial charge in [0.15, 0.2) is 12.4 Å². The predicted octanol–water partition coefficient (Wildman–Crippen LogP) is 2.24. The lowest BCUT2D eigenvalue weighted by atomic mass is 10.2. The minimum atomic E-state index is -0.151. The van der Waals surface area contributed by atoms with E-state index in [2.05, 4.69) is 10.2 Å². The molecule has 3 aromatic rings. The average molecular weight is 369 g/mol. The van der Waals surface area contributed by atoms with Crippen molar-refractivity contribution in [1.82, 2.24) is 24.5 Å². The van der Waals surface area contributed by atoms with Crippen LogP contribution in [0.25, 0.3) is 0 Å². The van der Waals surface area contributed by atoms with Crippen LogP contribution in [0.15, 0.2) is 42.7 Å². The van der Waals surface area contributed by atoms with Crippen molar-refractivity contribution >= 4 is 5.91 Å². The number of ether oxygens (including phenoxy) is 2. The van der Waals surface area contributed by atoms with E-state index in [0.717, 1.165) is 17.0 Å². The van der Waals surface area contributed by atoms with E-state index in [1.54, 1.807) is 40.7 Å². The highest BCUT2D eigenvalue weighted by atomic mass is 16.5. The lowest BCUT2D eigenvalue weighted by molar-refractivity contribution is 0.0777. The van der Waals surface area contributed by atoms with Crippen LogP contribution in [0.2, 0.25) is 0 Å². The van der Waals surface area contributed by atoms with Crippen molar-refractivity contribution in [3.05, 3.63) is 59.7 Å². The van der Waals surface area contributed by atoms with Gasteiger partial charge in [0.2, 0.25) is 0 Å². The molecule has 0 spiro atoms. The summed E-state index contributed by atoms with van der Waals surface area (Å²) in [5.41, 5.74) is 2.29. The van der Waals surface area contributed by atoms with E-state index >= 15 is 0 Å². The number of hydrogen-bond donors (Lipinski definition) is 0. The van der Waals surface area contributed by atoms with Gasteiger partial charge in [-0.1, -0.05) is 0 Å². The number of nitrogens with zero attached hydrogens (tertiary/aromatic N) is 5. The Balaban J connectivity index is 1.58. The standard InChI is InChI=1S/C19H23N5O3/c1-14-15(12-23(3)20-14)11-22(2)19(25)18-9-10-24(21-18)13-27-17-7-5-16(26-4)6-8-17/h5-10,12H,11,13H2,1-4H3. The number of methoxy groups -OCH3 is 1. The summed E-state index contributed by atoms with van der Waals surface area (Å²) in [6.07, 6.45) is 3.64. The number of carbonyl (C=O) groups excluding carboxylic acids is 1. The van der Waals surface area contributed by atoms with Crippen molar-refractivity contribution < 1.29 is 14.3 Å². The maximum Gasteiger partial charge on any atom is 0.274 e. The molecule has 0 atom stereocenters. The molecule has 0 unspecified atom stereocenters. The number of aromatic nitrogens is 4. The Kier molecular flexibility index (Phi) is 5.44. The molecule has 2 aromatic heterocycles. The van der Waals surface area contributed by atoms with Gasteiger partial charge in [-0.05, 0) is 37.3 Å². The van der Waals surface area contributed by atoms with Gasteiger partial charge in [-0.15, -0.1) is 0 Å². The van der Waals surface area contributed by atoms with E-state index < -0.39 is 0 Å². The summed E-state index contributed by atoms with van der Waals surface area (Å²) < 4.78 is 14.1. The van der Waals surface area contributed by atoms with Crippen molar-refractivity contribution in [2.45, 2.75) is 20.2 Å². The molecular formula is C19H23N5O3. The monoisotopic (exact) mass is 369 g/mol. The fourth-order valence-electron chi connectivity index (χ4n) is 2.69. The molecule has 0 saturated carbocycles. The SMILES string of the molecule is COc1ccc(OCn2ccc(C(=O)N(C)Cc3cn(C)nc3C)n2)cc1. The quantitative estimate of drug-likeness (QED) is 0.639. The van der Waals surface area contributed by atoms with Gasteiger partial charge in [-0.2, -0.15) is 10.2 Å². The number of aryl methyl sites for hydroxylation is 2. The summed E-state index contributed by atoms with van der Waals surface area (Å²) in [7, 11) is 5.23. The molecule has 0 aliphatic carbocycles. The molecule has 0 radical (unpaired) electrons. The maximum atomic E-state index is 12.6. The molecule has 0 bridgehead atoms. The molecule has 8 heteroatoms. The molecule has 0 aliphatic heterocycles. The lowest BCUT2D eigenvalue weighted by Gasteiger charge is -2.15. The van der Waals surface area contributed by atoms with Crippen molar-refractivity contribution in [3.8, 4) is 11.5 Å². The van der Waals surface area contributed by atoms with Gasteiger partial charge in [0.25, 0.3) is 5.91 Å². The van der Waals surface area contributed by atoms with Crippen LogP contribution in [-0.4, -0.2) is 44.5 Å². The molecule has 3 rings (SSSR count). The van der Waals surface area contributed by atoms with Crippen LogP contribution in [0, 0.1) is 6.92 Å². The molecule has 0 saturated heterocycles. The molecule has 142 valence electrons. The summed E-state index contributed by atoms with van der Waals surface area (Å²) >= 11 is 0. The molecule has 0 aliphatic rings. The summed E-state index contributed by atoms with van der Waals surface area (Å²) in [6, 6.07) is 8.97. The maximum absolute atomic E-state index is 12.6. The topological polar surface area (TPSA) is 74.4 Å². The smallest absolute Gasteiger partial charge is 0.274 e. The first kappa shape index (κ1) is 18.5. The molecule has 2 heterocycles. The van der Waals surface area contributed by atoms with Crippen molar-refractivity contribution in [2.24, 2.45) is 7.05 Å². The number of carbonyl (C=O) groups is 1. The number of rotatable bonds is 7. The summed E-state index contributed by atoms with van der Waals surface area (Å²) in [6.45, 7) is 2.62. The molecule has 0 fully saturated rings. The number of benzene rings is 1. The van der Waals surface area contributed by atoms with Gasteiger partial charge in [0, 0.05) is 38.6 Å². The van der Waals surface area contributed by atoms with Crippen molar-refractivity contribution in [3.63, 3.8) is 0 Å². The first-order valence-corrected chi connectivity index (χ1v) is 8.51. The van der Waals surface area contributed by atoms with E-state index in [1.807, 2.05) is 44.4 Å². The molecule has 1 amide bonds. The molecule has 8 nitrogen and oxygen atoms in total. The number of hydrogen-bond acceptors (Lipinski definition) is 5. The Labute approximate surface area is 157 Å². The first-order chi connectivity index (χ1) is 13.0. The van der Waals surface area contributed by atoms with Gasteiger partial charge < -0.3 is 14.4 Å². The Hall–Kier alpha value is -3.29. The first-order valence-electron chi connectivity index (χ1n) is 8.51. The number of amides is 1. The highest BCUT2D eigenvalue weighted by molar-refractivity contribution is 5.91. The van der Waals surface area contributed by atoms with Gasteiger partial charge in [-0.3, -0.25) is 9.48 Å². The fraction of sp³-hybridized carbons (Fsp3) is 0.316. The second-order valence-corrected chi connectivity index (χ2v) is 6.26.